The van der Waals surface area contributed by atoms with Crippen molar-refractivity contribution >= 4 is 19.0 Å². The second-order valence-corrected chi connectivity index (χ2v) is 7.11. The molecule has 26 heavy (non-hydrogen) atoms. The first-order chi connectivity index (χ1) is 12.7. The first kappa shape index (κ1) is 18.8. The van der Waals surface area contributed by atoms with Crippen molar-refractivity contribution in [3.8, 4) is 5.75 Å². The van der Waals surface area contributed by atoms with Crippen LogP contribution in [0, 0.1) is 5.82 Å². The van der Waals surface area contributed by atoms with Gasteiger partial charge in [0, 0.05) is 0 Å². The van der Waals surface area contributed by atoms with Gasteiger partial charge in [0.1, 0.15) is 11.6 Å². The molecular formula is C23H26BFO. The molecule has 0 unspecified atom stereocenters. The maximum absolute atomic E-state index is 13.4. The van der Waals surface area contributed by atoms with Crippen LogP contribution in [0.4, 0.5) is 4.39 Å². The van der Waals surface area contributed by atoms with Crippen LogP contribution >= 0.6 is 0 Å². The van der Waals surface area contributed by atoms with Gasteiger partial charge in [0.05, 0.1) is 7.85 Å². The molecule has 3 rings (SSSR count). The van der Waals surface area contributed by atoms with Gasteiger partial charge >= 0.3 is 0 Å². The molecule has 0 spiro atoms. The standard InChI is InChI=1S/C23H26BFO/c24-15-4-2-1-3-7-23-21(17-9-11-19(25)12-10-17)8-5-6-18-16-20(26)13-14-22(18)23/h9-14,16,26H,1-8,15H2. The van der Waals surface area contributed by atoms with Gasteiger partial charge in [-0.1, -0.05) is 43.8 Å². The van der Waals surface area contributed by atoms with E-state index in [1.807, 2.05) is 18.2 Å². The third-order valence-corrected chi connectivity index (χ3v) is 5.22. The SMILES string of the molecule is [B]CCCCCCC1=C(c2ccc(F)cc2)CCCc2cc(O)ccc21. The summed E-state index contributed by atoms with van der Waals surface area (Å²) < 4.78 is 13.4. The first-order valence-electron chi connectivity index (χ1n) is 9.69. The van der Waals surface area contributed by atoms with Gasteiger partial charge in [-0.15, -0.1) is 0 Å². The Morgan fingerprint density at radius 3 is 2.46 bits per heavy atom. The number of benzene rings is 2. The van der Waals surface area contributed by atoms with E-state index in [1.165, 1.54) is 28.7 Å². The van der Waals surface area contributed by atoms with Crippen LogP contribution < -0.4 is 0 Å². The number of fused-ring (bicyclic) bond motifs is 1. The average Bonchev–Trinajstić information content (AvgIpc) is 2.81. The Morgan fingerprint density at radius 1 is 0.923 bits per heavy atom. The summed E-state index contributed by atoms with van der Waals surface area (Å²) in [6.45, 7) is 0. The van der Waals surface area contributed by atoms with Crippen molar-refractivity contribution in [2.24, 2.45) is 0 Å². The van der Waals surface area contributed by atoms with E-state index in [0.29, 0.717) is 5.75 Å². The van der Waals surface area contributed by atoms with E-state index < -0.39 is 0 Å². The number of hydrogen-bond acceptors (Lipinski definition) is 1. The zero-order valence-electron chi connectivity index (χ0n) is 15.3. The molecule has 0 fully saturated rings. The van der Waals surface area contributed by atoms with Crippen LogP contribution in [0.3, 0.4) is 0 Å². The monoisotopic (exact) mass is 348 g/mol. The number of unbranched alkanes of at least 4 members (excludes halogenated alkanes) is 3. The minimum Gasteiger partial charge on any atom is -0.508 e. The highest BCUT2D eigenvalue weighted by Crippen LogP contribution is 2.39. The Morgan fingerprint density at radius 2 is 1.69 bits per heavy atom. The minimum absolute atomic E-state index is 0.198. The fourth-order valence-corrected chi connectivity index (χ4v) is 3.91. The quantitative estimate of drug-likeness (QED) is 0.459. The number of aryl methyl sites for hydroxylation is 1. The zero-order valence-corrected chi connectivity index (χ0v) is 15.3. The topological polar surface area (TPSA) is 20.2 Å². The fraction of sp³-hybridized carbons (Fsp3) is 0.391. The van der Waals surface area contributed by atoms with Crippen molar-refractivity contribution in [1.29, 1.82) is 0 Å². The van der Waals surface area contributed by atoms with Crippen LogP contribution in [-0.4, -0.2) is 13.0 Å². The molecule has 2 aromatic rings. The Bertz CT molecular complexity index is 764. The summed E-state index contributed by atoms with van der Waals surface area (Å²) in [4.78, 5) is 0. The summed E-state index contributed by atoms with van der Waals surface area (Å²) in [7, 11) is 5.60. The lowest BCUT2D eigenvalue weighted by Gasteiger charge is -2.16. The van der Waals surface area contributed by atoms with E-state index in [9.17, 15) is 9.50 Å². The number of aromatic hydroxyl groups is 1. The molecule has 0 amide bonds. The molecule has 1 aliphatic carbocycles. The van der Waals surface area contributed by atoms with E-state index in [2.05, 4.69) is 6.07 Å². The van der Waals surface area contributed by atoms with Crippen molar-refractivity contribution in [1.82, 2.24) is 0 Å². The van der Waals surface area contributed by atoms with Crippen molar-refractivity contribution in [2.75, 3.05) is 0 Å². The molecule has 2 radical (unpaired) electrons. The molecule has 3 heteroatoms. The smallest absolute Gasteiger partial charge is 0.123 e. The van der Waals surface area contributed by atoms with Crippen molar-refractivity contribution in [3.63, 3.8) is 0 Å². The van der Waals surface area contributed by atoms with Gasteiger partial charge in [-0.3, -0.25) is 0 Å². The Hall–Kier alpha value is -2.03. The van der Waals surface area contributed by atoms with E-state index >= 15 is 0 Å². The number of phenolic OH excluding ortho intramolecular Hbond substituents is 1. The third-order valence-electron chi connectivity index (χ3n) is 5.22. The van der Waals surface area contributed by atoms with Crippen LogP contribution in [0.2, 0.25) is 6.32 Å². The lowest BCUT2D eigenvalue weighted by Crippen LogP contribution is -1.95. The number of halogens is 1. The van der Waals surface area contributed by atoms with Gasteiger partial charge < -0.3 is 5.11 Å². The summed E-state index contributed by atoms with van der Waals surface area (Å²) >= 11 is 0. The molecule has 0 bridgehead atoms. The van der Waals surface area contributed by atoms with Crippen LogP contribution in [-0.2, 0) is 6.42 Å². The highest BCUT2D eigenvalue weighted by atomic mass is 19.1. The van der Waals surface area contributed by atoms with Crippen molar-refractivity contribution in [3.05, 3.63) is 65.0 Å². The van der Waals surface area contributed by atoms with Crippen LogP contribution in [0.15, 0.2) is 42.5 Å². The number of allylic oxidation sites excluding steroid dienone is 2. The van der Waals surface area contributed by atoms with Gasteiger partial charge in [0.25, 0.3) is 0 Å². The van der Waals surface area contributed by atoms with E-state index in [1.54, 1.807) is 18.2 Å². The average molecular weight is 348 g/mol. The molecule has 1 aliphatic rings. The fourth-order valence-electron chi connectivity index (χ4n) is 3.91. The highest BCUT2D eigenvalue weighted by Gasteiger charge is 2.18. The van der Waals surface area contributed by atoms with E-state index in [4.69, 9.17) is 7.85 Å². The van der Waals surface area contributed by atoms with Gasteiger partial charge in [0.15, 0.2) is 0 Å². The third kappa shape index (κ3) is 4.57. The summed E-state index contributed by atoms with van der Waals surface area (Å²) in [5, 5.41) is 9.88. The molecule has 0 heterocycles. The molecule has 0 saturated carbocycles. The zero-order chi connectivity index (χ0) is 18.4. The molecule has 0 atom stereocenters. The second-order valence-electron chi connectivity index (χ2n) is 7.11. The molecule has 134 valence electrons. The normalized spacial score (nSPS) is 14.2. The van der Waals surface area contributed by atoms with Gasteiger partial charge in [-0.2, -0.15) is 0 Å². The Kier molecular flexibility index (Phi) is 6.54. The Balaban J connectivity index is 1.96. The van der Waals surface area contributed by atoms with Crippen molar-refractivity contribution < 1.29 is 9.50 Å². The second kappa shape index (κ2) is 9.07. The summed E-state index contributed by atoms with van der Waals surface area (Å²) in [5.41, 5.74) is 6.27. The molecule has 1 nitrogen and oxygen atoms in total. The molecular weight excluding hydrogens is 322 g/mol. The lowest BCUT2D eigenvalue weighted by molar-refractivity contribution is 0.474. The molecule has 0 aromatic heterocycles. The summed E-state index contributed by atoms with van der Waals surface area (Å²) in [5.74, 6) is 0.132. The molecule has 1 N–H and O–H groups in total. The predicted molar refractivity (Wildman–Crippen MR) is 108 cm³/mol. The number of hydrogen-bond donors (Lipinski definition) is 1. The Labute approximate surface area is 157 Å². The lowest BCUT2D eigenvalue weighted by atomic mass is 9.88. The summed E-state index contributed by atoms with van der Waals surface area (Å²) in [6, 6.07) is 12.6. The van der Waals surface area contributed by atoms with E-state index in [0.717, 1.165) is 56.8 Å². The predicted octanol–water partition coefficient (Wildman–Crippen LogP) is 6.32. The van der Waals surface area contributed by atoms with Gasteiger partial charge in [-0.05, 0) is 84.2 Å². The van der Waals surface area contributed by atoms with E-state index in [-0.39, 0.29) is 5.82 Å². The number of phenols is 1. The van der Waals surface area contributed by atoms with Crippen LogP contribution in [0.25, 0.3) is 11.1 Å². The van der Waals surface area contributed by atoms with Crippen molar-refractivity contribution in [2.45, 2.75) is 57.7 Å². The van der Waals surface area contributed by atoms with Crippen LogP contribution in [0.5, 0.6) is 5.75 Å². The van der Waals surface area contributed by atoms with Gasteiger partial charge in [0.2, 0.25) is 0 Å². The molecule has 0 aliphatic heterocycles. The summed E-state index contributed by atoms with van der Waals surface area (Å²) in [6.07, 6.45) is 9.29. The van der Waals surface area contributed by atoms with Gasteiger partial charge in [-0.25, -0.2) is 4.39 Å². The molecule has 2 aromatic carbocycles. The number of rotatable bonds is 7. The highest BCUT2D eigenvalue weighted by molar-refractivity contribution is 6.08. The van der Waals surface area contributed by atoms with Crippen LogP contribution in [0.1, 0.15) is 61.6 Å². The first-order valence-corrected chi connectivity index (χ1v) is 9.69. The maximum Gasteiger partial charge on any atom is 0.123 e. The largest absolute Gasteiger partial charge is 0.508 e. The maximum atomic E-state index is 13.4. The molecule has 0 saturated heterocycles. The minimum atomic E-state index is -0.198.